The van der Waals surface area contributed by atoms with Crippen molar-refractivity contribution in [1.82, 2.24) is 10.2 Å². The molecular formula is C9H12N2O5. The third kappa shape index (κ3) is 2.78. The van der Waals surface area contributed by atoms with Crippen molar-refractivity contribution in [3.05, 3.63) is 0 Å². The van der Waals surface area contributed by atoms with Gasteiger partial charge in [-0.2, -0.15) is 0 Å². The van der Waals surface area contributed by atoms with Crippen molar-refractivity contribution in [2.75, 3.05) is 7.05 Å². The molecule has 0 aromatic heterocycles. The standard InChI is InChI=1S/C9H12N2O5/c1-11-7(13)3-2-5(9(11)16)10-6(12)4-8(14)15/h5H,2-4H2,1H3,(H,10,12)(H,14,15). The summed E-state index contributed by atoms with van der Waals surface area (Å²) in [6, 6.07) is -0.797. The number of hydrogen-bond donors (Lipinski definition) is 2. The highest BCUT2D eigenvalue weighted by molar-refractivity contribution is 6.02. The van der Waals surface area contributed by atoms with Crippen molar-refractivity contribution in [2.45, 2.75) is 25.3 Å². The number of amides is 3. The van der Waals surface area contributed by atoms with Crippen molar-refractivity contribution in [3.8, 4) is 0 Å². The van der Waals surface area contributed by atoms with Crippen molar-refractivity contribution in [2.24, 2.45) is 0 Å². The molecule has 1 saturated heterocycles. The topological polar surface area (TPSA) is 104 Å². The summed E-state index contributed by atoms with van der Waals surface area (Å²) in [4.78, 5) is 44.9. The minimum atomic E-state index is -1.26. The van der Waals surface area contributed by atoms with Crippen molar-refractivity contribution in [1.29, 1.82) is 0 Å². The van der Waals surface area contributed by atoms with Crippen LogP contribution in [-0.4, -0.2) is 46.8 Å². The number of likely N-dealkylation sites (N-methyl/N-ethyl adjacent to an activating group) is 1. The zero-order valence-electron chi connectivity index (χ0n) is 8.73. The molecule has 1 aliphatic heterocycles. The number of carbonyl (C=O) groups is 4. The number of rotatable bonds is 3. The Hall–Kier alpha value is -1.92. The van der Waals surface area contributed by atoms with Gasteiger partial charge in [-0.3, -0.25) is 24.1 Å². The first-order valence-electron chi connectivity index (χ1n) is 4.73. The maximum absolute atomic E-state index is 11.5. The van der Waals surface area contributed by atoms with E-state index in [1.165, 1.54) is 7.05 Å². The second-order valence-electron chi connectivity index (χ2n) is 3.52. The highest BCUT2D eigenvalue weighted by Gasteiger charge is 2.32. The largest absolute Gasteiger partial charge is 0.481 e. The van der Waals surface area contributed by atoms with Crippen LogP contribution in [0.2, 0.25) is 0 Å². The summed E-state index contributed by atoms with van der Waals surface area (Å²) >= 11 is 0. The van der Waals surface area contributed by atoms with Crippen molar-refractivity contribution in [3.63, 3.8) is 0 Å². The maximum atomic E-state index is 11.5. The summed E-state index contributed by atoms with van der Waals surface area (Å²) in [5.41, 5.74) is 0. The molecule has 0 aliphatic carbocycles. The Morgan fingerprint density at radius 1 is 1.50 bits per heavy atom. The number of carbonyl (C=O) groups excluding carboxylic acids is 3. The van der Waals surface area contributed by atoms with Crippen LogP contribution in [0, 0.1) is 0 Å². The van der Waals surface area contributed by atoms with Crippen LogP contribution in [0.15, 0.2) is 0 Å². The predicted molar refractivity (Wildman–Crippen MR) is 51.2 cm³/mol. The molecule has 1 unspecified atom stereocenters. The molecule has 7 heteroatoms. The van der Waals surface area contributed by atoms with Gasteiger partial charge in [0.25, 0.3) is 5.91 Å². The average Bonchev–Trinajstić information content (AvgIpc) is 2.18. The van der Waals surface area contributed by atoms with Crippen molar-refractivity contribution < 1.29 is 24.3 Å². The maximum Gasteiger partial charge on any atom is 0.312 e. The van der Waals surface area contributed by atoms with Crippen LogP contribution < -0.4 is 5.32 Å². The first kappa shape index (κ1) is 12.2. The van der Waals surface area contributed by atoms with E-state index in [9.17, 15) is 19.2 Å². The van der Waals surface area contributed by atoms with Crippen LogP contribution in [-0.2, 0) is 19.2 Å². The van der Waals surface area contributed by atoms with Gasteiger partial charge in [-0.15, -0.1) is 0 Å². The number of piperidine rings is 1. The van der Waals surface area contributed by atoms with Gasteiger partial charge in [-0.1, -0.05) is 0 Å². The summed E-state index contributed by atoms with van der Waals surface area (Å²) in [7, 11) is 1.33. The molecule has 0 bridgehead atoms. The Morgan fingerprint density at radius 2 is 2.12 bits per heavy atom. The van der Waals surface area contributed by atoms with E-state index in [1.807, 2.05) is 0 Å². The molecule has 2 N–H and O–H groups in total. The lowest BCUT2D eigenvalue weighted by molar-refractivity contribution is -0.150. The van der Waals surface area contributed by atoms with Crippen LogP contribution in [0.25, 0.3) is 0 Å². The molecule has 0 aromatic rings. The van der Waals surface area contributed by atoms with E-state index in [2.05, 4.69) is 5.32 Å². The van der Waals surface area contributed by atoms with E-state index in [0.717, 1.165) is 4.90 Å². The molecule has 3 amide bonds. The number of nitrogens with zero attached hydrogens (tertiary/aromatic N) is 1. The van der Waals surface area contributed by atoms with Gasteiger partial charge in [0.1, 0.15) is 12.5 Å². The molecule has 0 saturated carbocycles. The Labute approximate surface area is 91.4 Å². The van der Waals surface area contributed by atoms with E-state index < -0.39 is 30.2 Å². The highest BCUT2D eigenvalue weighted by atomic mass is 16.4. The zero-order valence-corrected chi connectivity index (χ0v) is 8.73. The van der Waals surface area contributed by atoms with E-state index in [-0.39, 0.29) is 18.7 Å². The number of imide groups is 1. The first-order chi connectivity index (χ1) is 7.41. The van der Waals surface area contributed by atoms with Gasteiger partial charge in [-0.05, 0) is 6.42 Å². The second kappa shape index (κ2) is 4.73. The van der Waals surface area contributed by atoms with Crippen LogP contribution >= 0.6 is 0 Å². The van der Waals surface area contributed by atoms with Gasteiger partial charge in [0.05, 0.1) is 0 Å². The molecule has 0 radical (unpaired) electrons. The van der Waals surface area contributed by atoms with Crippen LogP contribution in [0.1, 0.15) is 19.3 Å². The van der Waals surface area contributed by atoms with Gasteiger partial charge in [0.2, 0.25) is 11.8 Å². The fourth-order valence-electron chi connectivity index (χ4n) is 1.43. The highest BCUT2D eigenvalue weighted by Crippen LogP contribution is 2.11. The Balaban J connectivity index is 2.55. The molecule has 88 valence electrons. The predicted octanol–water partition coefficient (Wildman–Crippen LogP) is -1.28. The Kier molecular flexibility index (Phi) is 3.60. The van der Waals surface area contributed by atoms with Gasteiger partial charge in [0, 0.05) is 13.5 Å². The van der Waals surface area contributed by atoms with Gasteiger partial charge < -0.3 is 10.4 Å². The quantitative estimate of drug-likeness (QED) is 0.462. The van der Waals surface area contributed by atoms with E-state index in [0.29, 0.717) is 0 Å². The third-order valence-corrected chi connectivity index (χ3v) is 2.30. The van der Waals surface area contributed by atoms with Gasteiger partial charge in [-0.25, -0.2) is 0 Å². The smallest absolute Gasteiger partial charge is 0.312 e. The number of nitrogens with one attached hydrogen (secondary N) is 1. The van der Waals surface area contributed by atoms with Crippen LogP contribution in [0.5, 0.6) is 0 Å². The molecule has 16 heavy (non-hydrogen) atoms. The van der Waals surface area contributed by atoms with E-state index in [1.54, 1.807) is 0 Å². The van der Waals surface area contributed by atoms with Crippen LogP contribution in [0.4, 0.5) is 0 Å². The van der Waals surface area contributed by atoms with E-state index >= 15 is 0 Å². The second-order valence-corrected chi connectivity index (χ2v) is 3.52. The molecule has 1 heterocycles. The number of carboxylic acids is 1. The fraction of sp³-hybridized carbons (Fsp3) is 0.556. The number of carboxylic acid groups (broad SMARTS) is 1. The van der Waals surface area contributed by atoms with Gasteiger partial charge >= 0.3 is 5.97 Å². The number of likely N-dealkylation sites (tertiary alicyclic amines) is 1. The Morgan fingerprint density at radius 3 is 2.69 bits per heavy atom. The summed E-state index contributed by atoms with van der Waals surface area (Å²) in [5, 5.41) is 10.7. The molecular weight excluding hydrogens is 216 g/mol. The molecule has 7 nitrogen and oxygen atoms in total. The molecule has 1 fully saturated rings. The minimum absolute atomic E-state index is 0.167. The Bertz CT molecular complexity index is 352. The summed E-state index contributed by atoms with van der Waals surface area (Å²) in [5.74, 6) is -2.79. The summed E-state index contributed by atoms with van der Waals surface area (Å²) < 4.78 is 0. The average molecular weight is 228 g/mol. The summed E-state index contributed by atoms with van der Waals surface area (Å²) in [6.45, 7) is 0. The SMILES string of the molecule is CN1C(=O)CCC(NC(=O)CC(=O)O)C1=O. The lowest BCUT2D eigenvalue weighted by Gasteiger charge is -2.27. The normalized spacial score (nSPS) is 20.8. The summed E-state index contributed by atoms with van der Waals surface area (Å²) in [6.07, 6.45) is -0.297. The van der Waals surface area contributed by atoms with Crippen molar-refractivity contribution >= 4 is 23.7 Å². The lowest BCUT2D eigenvalue weighted by Crippen LogP contribution is -2.53. The number of aliphatic carboxylic acids is 1. The lowest BCUT2D eigenvalue weighted by atomic mass is 10.0. The third-order valence-electron chi connectivity index (χ3n) is 2.30. The zero-order chi connectivity index (χ0) is 12.3. The van der Waals surface area contributed by atoms with E-state index in [4.69, 9.17) is 5.11 Å². The van der Waals surface area contributed by atoms with Gasteiger partial charge in [0.15, 0.2) is 0 Å². The molecule has 1 rings (SSSR count). The minimum Gasteiger partial charge on any atom is -0.481 e. The monoisotopic (exact) mass is 228 g/mol. The molecule has 1 atom stereocenters. The number of hydrogen-bond acceptors (Lipinski definition) is 4. The fourth-order valence-corrected chi connectivity index (χ4v) is 1.43. The molecule has 0 aromatic carbocycles. The first-order valence-corrected chi connectivity index (χ1v) is 4.73. The molecule has 1 aliphatic rings. The van der Waals surface area contributed by atoms with Crippen LogP contribution in [0.3, 0.4) is 0 Å². The molecule has 0 spiro atoms.